The Morgan fingerprint density at radius 3 is 2.68 bits per heavy atom. The van der Waals surface area contributed by atoms with Crippen LogP contribution in [0, 0.1) is 0 Å². The fourth-order valence-electron chi connectivity index (χ4n) is 3.60. The first-order valence-electron chi connectivity index (χ1n) is 9.40. The van der Waals surface area contributed by atoms with Gasteiger partial charge in [0.1, 0.15) is 17.2 Å². The molecule has 2 amide bonds. The zero-order valence-corrected chi connectivity index (χ0v) is 16.7. The fraction of sp³-hybridized carbons (Fsp3) is 0.579. The summed E-state index contributed by atoms with van der Waals surface area (Å²) < 4.78 is 12.5. The van der Waals surface area contributed by atoms with Gasteiger partial charge in [0.05, 0.1) is 18.9 Å². The van der Waals surface area contributed by atoms with Crippen molar-refractivity contribution in [3.8, 4) is 5.75 Å². The summed E-state index contributed by atoms with van der Waals surface area (Å²) in [5.74, 6) is 0.691. The number of aromatic nitrogens is 3. The second-order valence-corrected chi connectivity index (χ2v) is 8.11. The number of nitrogens with two attached hydrogens (primary N) is 1. The van der Waals surface area contributed by atoms with E-state index in [9.17, 15) is 9.59 Å². The number of hydrogen-bond acceptors (Lipinski definition) is 6. The molecule has 2 heterocycles. The average Bonchev–Trinajstić information content (AvgIpc) is 3.01. The van der Waals surface area contributed by atoms with Gasteiger partial charge in [-0.25, -0.2) is 4.79 Å². The molecule has 2 aromatic rings. The Morgan fingerprint density at radius 2 is 2.04 bits per heavy atom. The van der Waals surface area contributed by atoms with Gasteiger partial charge in [0.15, 0.2) is 5.65 Å². The summed E-state index contributed by atoms with van der Waals surface area (Å²) in [6, 6.07) is 1.59. The van der Waals surface area contributed by atoms with Crippen LogP contribution in [0.5, 0.6) is 5.75 Å². The van der Waals surface area contributed by atoms with E-state index in [0.717, 1.165) is 31.5 Å². The van der Waals surface area contributed by atoms with Crippen LogP contribution < -0.4 is 15.8 Å². The molecule has 2 aromatic heterocycles. The molecular formula is C19H27N5O4. The highest BCUT2D eigenvalue weighted by molar-refractivity contribution is 5.96. The van der Waals surface area contributed by atoms with Crippen LogP contribution >= 0.6 is 0 Å². The van der Waals surface area contributed by atoms with Crippen LogP contribution in [0.25, 0.3) is 5.65 Å². The van der Waals surface area contributed by atoms with Crippen molar-refractivity contribution in [2.24, 2.45) is 5.73 Å². The first-order chi connectivity index (χ1) is 13.2. The van der Waals surface area contributed by atoms with Crippen LogP contribution in [0.15, 0.2) is 12.3 Å². The van der Waals surface area contributed by atoms with Crippen molar-refractivity contribution < 1.29 is 19.1 Å². The Hall–Kier alpha value is -2.84. The van der Waals surface area contributed by atoms with Crippen LogP contribution in [0.2, 0.25) is 0 Å². The molecule has 0 unspecified atom stereocenters. The summed E-state index contributed by atoms with van der Waals surface area (Å²) in [6.07, 6.45) is 4.80. The van der Waals surface area contributed by atoms with E-state index >= 15 is 0 Å². The zero-order chi connectivity index (χ0) is 20.5. The van der Waals surface area contributed by atoms with Crippen molar-refractivity contribution in [2.45, 2.75) is 64.0 Å². The Balaban J connectivity index is 1.80. The summed E-state index contributed by atoms with van der Waals surface area (Å²) >= 11 is 0. The number of nitrogens with one attached hydrogen (secondary N) is 1. The number of amides is 2. The maximum Gasteiger partial charge on any atom is 0.407 e. The maximum atomic E-state index is 12.1. The SMILES string of the molecule is COc1cn2c([C@H]3CCC[C@@H](NC(=O)OC(C)(C)C)C3)nnc2cc1C(N)=O. The fourth-order valence-corrected chi connectivity index (χ4v) is 3.60. The Kier molecular flexibility index (Phi) is 5.44. The molecular weight excluding hydrogens is 362 g/mol. The van der Waals surface area contributed by atoms with E-state index in [2.05, 4.69) is 15.5 Å². The number of carbonyl (C=O) groups is 2. The minimum absolute atomic E-state index is 0.00717. The minimum Gasteiger partial charge on any atom is -0.494 e. The highest BCUT2D eigenvalue weighted by atomic mass is 16.6. The molecule has 2 atom stereocenters. The molecule has 0 aliphatic heterocycles. The van der Waals surface area contributed by atoms with Crippen LogP contribution in [0.1, 0.15) is 68.6 Å². The average molecular weight is 389 g/mol. The lowest BCUT2D eigenvalue weighted by Gasteiger charge is -2.30. The largest absolute Gasteiger partial charge is 0.494 e. The second-order valence-electron chi connectivity index (χ2n) is 8.11. The minimum atomic E-state index is -0.580. The van der Waals surface area contributed by atoms with E-state index in [0.29, 0.717) is 11.4 Å². The molecule has 28 heavy (non-hydrogen) atoms. The lowest BCUT2D eigenvalue weighted by atomic mass is 9.85. The molecule has 0 bridgehead atoms. The molecule has 1 aliphatic rings. The number of nitrogens with zero attached hydrogens (tertiary/aromatic N) is 3. The number of primary amides is 1. The lowest BCUT2D eigenvalue weighted by Crippen LogP contribution is -2.41. The number of rotatable bonds is 4. The van der Waals surface area contributed by atoms with Gasteiger partial charge in [0, 0.05) is 12.0 Å². The van der Waals surface area contributed by atoms with E-state index in [1.807, 2.05) is 25.2 Å². The molecule has 152 valence electrons. The Labute approximate surface area is 163 Å². The molecule has 0 saturated heterocycles. The lowest BCUT2D eigenvalue weighted by molar-refractivity contribution is 0.0489. The molecule has 3 N–H and O–H groups in total. The quantitative estimate of drug-likeness (QED) is 0.828. The third-order valence-corrected chi connectivity index (χ3v) is 4.78. The van der Waals surface area contributed by atoms with Crippen LogP contribution in [-0.2, 0) is 4.74 Å². The normalized spacial score (nSPS) is 20.0. The second kappa shape index (κ2) is 7.65. The molecule has 0 spiro atoms. The van der Waals surface area contributed by atoms with Gasteiger partial charge >= 0.3 is 6.09 Å². The molecule has 1 fully saturated rings. The van der Waals surface area contributed by atoms with Gasteiger partial charge < -0.3 is 20.5 Å². The van der Waals surface area contributed by atoms with Crippen LogP contribution in [-0.4, -0.2) is 45.4 Å². The molecule has 9 nitrogen and oxygen atoms in total. The van der Waals surface area contributed by atoms with Gasteiger partial charge in [-0.15, -0.1) is 10.2 Å². The number of alkyl carbamates (subject to hydrolysis) is 1. The maximum absolute atomic E-state index is 12.1. The molecule has 0 aromatic carbocycles. The summed E-state index contributed by atoms with van der Waals surface area (Å²) in [7, 11) is 1.49. The first kappa shape index (κ1) is 19.9. The van der Waals surface area contributed by atoms with E-state index < -0.39 is 17.6 Å². The topological polar surface area (TPSA) is 121 Å². The highest BCUT2D eigenvalue weighted by Crippen LogP contribution is 2.33. The van der Waals surface area contributed by atoms with E-state index in [-0.39, 0.29) is 17.5 Å². The van der Waals surface area contributed by atoms with Gasteiger partial charge in [-0.2, -0.15) is 0 Å². The third kappa shape index (κ3) is 4.35. The van der Waals surface area contributed by atoms with Gasteiger partial charge in [0.25, 0.3) is 5.91 Å². The van der Waals surface area contributed by atoms with Crippen molar-refractivity contribution in [3.63, 3.8) is 0 Å². The summed E-state index contributed by atoms with van der Waals surface area (Å²) in [5, 5.41) is 11.5. The first-order valence-corrected chi connectivity index (χ1v) is 9.40. The van der Waals surface area contributed by atoms with Crippen molar-refractivity contribution in [3.05, 3.63) is 23.7 Å². The number of fused-ring (bicyclic) bond motifs is 1. The van der Waals surface area contributed by atoms with Crippen LogP contribution in [0.3, 0.4) is 0 Å². The summed E-state index contributed by atoms with van der Waals surface area (Å²) in [5.41, 5.74) is 5.68. The molecule has 0 radical (unpaired) electrons. The van der Waals surface area contributed by atoms with Crippen molar-refractivity contribution in [1.82, 2.24) is 19.9 Å². The van der Waals surface area contributed by atoms with Crippen molar-refractivity contribution in [2.75, 3.05) is 7.11 Å². The van der Waals surface area contributed by atoms with E-state index in [4.69, 9.17) is 15.2 Å². The highest BCUT2D eigenvalue weighted by Gasteiger charge is 2.29. The molecule has 3 rings (SSSR count). The zero-order valence-electron chi connectivity index (χ0n) is 16.7. The monoisotopic (exact) mass is 389 g/mol. The number of hydrogen-bond donors (Lipinski definition) is 2. The number of methoxy groups -OCH3 is 1. The number of ether oxygens (including phenoxy) is 2. The summed E-state index contributed by atoms with van der Waals surface area (Å²) in [4.78, 5) is 23.7. The molecule has 1 aliphatic carbocycles. The van der Waals surface area contributed by atoms with Crippen molar-refractivity contribution in [1.29, 1.82) is 0 Å². The molecule has 9 heteroatoms. The van der Waals surface area contributed by atoms with E-state index in [1.165, 1.54) is 7.11 Å². The van der Waals surface area contributed by atoms with E-state index in [1.54, 1.807) is 12.3 Å². The Morgan fingerprint density at radius 1 is 1.29 bits per heavy atom. The Bertz CT molecular complexity index is 886. The van der Waals surface area contributed by atoms with Gasteiger partial charge in [0.2, 0.25) is 0 Å². The predicted molar refractivity (Wildman–Crippen MR) is 102 cm³/mol. The van der Waals surface area contributed by atoms with Crippen LogP contribution in [0.4, 0.5) is 4.79 Å². The number of pyridine rings is 1. The van der Waals surface area contributed by atoms with Gasteiger partial charge in [-0.05, 0) is 46.1 Å². The smallest absolute Gasteiger partial charge is 0.407 e. The standard InChI is InChI=1S/C19H27N5O4/c1-19(2,3)28-18(26)21-12-7-5-6-11(8-12)17-23-22-15-9-13(16(20)25)14(27-4)10-24(15)17/h9-12H,5-8H2,1-4H3,(H2,20,25)(H,21,26)/t11-,12+/m0/s1. The summed E-state index contributed by atoms with van der Waals surface area (Å²) in [6.45, 7) is 5.52. The van der Waals surface area contributed by atoms with Crippen molar-refractivity contribution >= 4 is 17.6 Å². The number of carbonyl (C=O) groups excluding carboxylic acids is 2. The van der Waals surface area contributed by atoms with Gasteiger partial charge in [-0.1, -0.05) is 6.42 Å². The molecule has 1 saturated carbocycles. The predicted octanol–water partition coefficient (Wildman–Crippen LogP) is 2.39. The third-order valence-electron chi connectivity index (χ3n) is 4.78. The van der Waals surface area contributed by atoms with Gasteiger partial charge in [-0.3, -0.25) is 9.20 Å².